The maximum Gasteiger partial charge on any atom is 0.273 e. The number of nitrogens with zero attached hydrogens (tertiary/aromatic N) is 1. The first-order chi connectivity index (χ1) is 9.04. The maximum atomic E-state index is 11.6. The maximum absolute atomic E-state index is 11.6. The molecule has 102 valence electrons. The Labute approximate surface area is 110 Å². The van der Waals surface area contributed by atoms with E-state index >= 15 is 0 Å². The fourth-order valence-electron chi connectivity index (χ4n) is 1.51. The van der Waals surface area contributed by atoms with Crippen molar-refractivity contribution in [3.63, 3.8) is 0 Å². The molecule has 0 saturated carbocycles. The van der Waals surface area contributed by atoms with E-state index in [1.807, 2.05) is 0 Å². The summed E-state index contributed by atoms with van der Waals surface area (Å²) in [4.78, 5) is 33.0. The minimum atomic E-state index is -0.535. The van der Waals surface area contributed by atoms with Gasteiger partial charge in [-0.05, 0) is 6.92 Å². The average Bonchev–Trinajstić information content (AvgIpc) is 2.37. The SMILES string of the molecule is CCNC(=O)CNC(=O)Cc1ccccc1[N+](=O)[O-]. The van der Waals surface area contributed by atoms with E-state index in [0.29, 0.717) is 12.1 Å². The molecule has 0 spiro atoms. The third kappa shape index (κ3) is 4.74. The Bertz CT molecular complexity index is 488. The van der Waals surface area contributed by atoms with Gasteiger partial charge in [0, 0.05) is 18.2 Å². The third-order valence-corrected chi connectivity index (χ3v) is 2.36. The molecule has 2 N–H and O–H groups in total. The summed E-state index contributed by atoms with van der Waals surface area (Å²) in [6.45, 7) is 2.12. The van der Waals surface area contributed by atoms with Crippen LogP contribution in [0.1, 0.15) is 12.5 Å². The second-order valence-electron chi connectivity index (χ2n) is 3.79. The predicted octanol–water partition coefficient (Wildman–Crippen LogP) is 0.390. The number of nitro groups is 1. The van der Waals surface area contributed by atoms with Crippen LogP contribution in [-0.2, 0) is 16.0 Å². The van der Waals surface area contributed by atoms with Crippen molar-refractivity contribution in [1.29, 1.82) is 0 Å². The summed E-state index contributed by atoms with van der Waals surface area (Å²) in [5, 5.41) is 15.7. The lowest BCUT2D eigenvalue weighted by Gasteiger charge is -2.05. The molecule has 1 aromatic rings. The monoisotopic (exact) mass is 265 g/mol. The van der Waals surface area contributed by atoms with Crippen LogP contribution in [-0.4, -0.2) is 29.8 Å². The number of carbonyl (C=O) groups excluding carboxylic acids is 2. The molecule has 0 radical (unpaired) electrons. The molecule has 0 aliphatic heterocycles. The van der Waals surface area contributed by atoms with E-state index in [-0.39, 0.29) is 24.6 Å². The van der Waals surface area contributed by atoms with E-state index < -0.39 is 10.8 Å². The van der Waals surface area contributed by atoms with E-state index in [1.54, 1.807) is 13.0 Å². The van der Waals surface area contributed by atoms with E-state index in [9.17, 15) is 19.7 Å². The highest BCUT2D eigenvalue weighted by molar-refractivity contribution is 5.86. The van der Waals surface area contributed by atoms with Crippen LogP contribution in [0, 0.1) is 10.1 Å². The molecule has 0 aliphatic carbocycles. The minimum Gasteiger partial charge on any atom is -0.355 e. The molecular weight excluding hydrogens is 250 g/mol. The van der Waals surface area contributed by atoms with Crippen LogP contribution in [0.4, 0.5) is 5.69 Å². The van der Waals surface area contributed by atoms with E-state index in [2.05, 4.69) is 10.6 Å². The van der Waals surface area contributed by atoms with Gasteiger partial charge in [-0.1, -0.05) is 18.2 Å². The van der Waals surface area contributed by atoms with E-state index in [4.69, 9.17) is 0 Å². The number of hydrogen-bond donors (Lipinski definition) is 2. The third-order valence-electron chi connectivity index (χ3n) is 2.36. The zero-order valence-corrected chi connectivity index (χ0v) is 10.5. The largest absolute Gasteiger partial charge is 0.355 e. The number of nitrogens with one attached hydrogen (secondary N) is 2. The first-order valence-corrected chi connectivity index (χ1v) is 5.80. The quantitative estimate of drug-likeness (QED) is 0.573. The number of para-hydroxylation sites is 1. The Morgan fingerprint density at radius 3 is 2.53 bits per heavy atom. The Hall–Kier alpha value is -2.44. The molecule has 0 saturated heterocycles. The smallest absolute Gasteiger partial charge is 0.273 e. The van der Waals surface area contributed by atoms with Crippen molar-refractivity contribution in [2.24, 2.45) is 0 Å². The molecule has 1 aromatic carbocycles. The lowest BCUT2D eigenvalue weighted by atomic mass is 10.1. The van der Waals surface area contributed by atoms with Gasteiger partial charge in [0.05, 0.1) is 17.9 Å². The summed E-state index contributed by atoms with van der Waals surface area (Å²) in [5.74, 6) is -0.723. The van der Waals surface area contributed by atoms with Gasteiger partial charge in [-0.3, -0.25) is 19.7 Å². The number of rotatable bonds is 6. The van der Waals surface area contributed by atoms with Gasteiger partial charge >= 0.3 is 0 Å². The Balaban J connectivity index is 2.58. The highest BCUT2D eigenvalue weighted by atomic mass is 16.6. The van der Waals surface area contributed by atoms with Gasteiger partial charge in [-0.2, -0.15) is 0 Å². The molecule has 0 fully saturated rings. The number of amides is 2. The van der Waals surface area contributed by atoms with Gasteiger partial charge in [0.15, 0.2) is 0 Å². The van der Waals surface area contributed by atoms with Crippen molar-refractivity contribution in [3.8, 4) is 0 Å². The molecule has 0 aromatic heterocycles. The number of likely N-dealkylation sites (N-methyl/N-ethyl adjacent to an activating group) is 1. The van der Waals surface area contributed by atoms with Crippen LogP contribution in [0.5, 0.6) is 0 Å². The van der Waals surface area contributed by atoms with Crippen molar-refractivity contribution >= 4 is 17.5 Å². The van der Waals surface area contributed by atoms with Gasteiger partial charge in [0.1, 0.15) is 0 Å². The van der Waals surface area contributed by atoms with E-state index in [0.717, 1.165) is 0 Å². The molecular formula is C12H15N3O4. The molecule has 7 heteroatoms. The van der Waals surface area contributed by atoms with Crippen LogP contribution in [0.3, 0.4) is 0 Å². The molecule has 2 amide bonds. The molecule has 19 heavy (non-hydrogen) atoms. The topological polar surface area (TPSA) is 101 Å². The first kappa shape index (κ1) is 14.6. The number of carbonyl (C=O) groups is 2. The van der Waals surface area contributed by atoms with Crippen LogP contribution in [0.2, 0.25) is 0 Å². The summed E-state index contributed by atoms with van der Waals surface area (Å²) in [6, 6.07) is 6.02. The van der Waals surface area contributed by atoms with Gasteiger partial charge in [-0.15, -0.1) is 0 Å². The lowest BCUT2D eigenvalue weighted by molar-refractivity contribution is -0.385. The predicted molar refractivity (Wildman–Crippen MR) is 68.5 cm³/mol. The number of benzene rings is 1. The minimum absolute atomic E-state index is 0.101. The van der Waals surface area contributed by atoms with Crippen molar-refractivity contribution in [2.75, 3.05) is 13.1 Å². The molecule has 1 rings (SSSR count). The highest BCUT2D eigenvalue weighted by Gasteiger charge is 2.15. The summed E-state index contributed by atoms with van der Waals surface area (Å²) < 4.78 is 0. The zero-order chi connectivity index (χ0) is 14.3. The molecule has 0 aliphatic rings. The zero-order valence-electron chi connectivity index (χ0n) is 10.5. The van der Waals surface area contributed by atoms with Crippen molar-refractivity contribution in [1.82, 2.24) is 10.6 Å². The molecule has 7 nitrogen and oxygen atoms in total. The molecule has 0 atom stereocenters. The van der Waals surface area contributed by atoms with Gasteiger partial charge in [-0.25, -0.2) is 0 Å². The van der Waals surface area contributed by atoms with Gasteiger partial charge in [0.25, 0.3) is 5.69 Å². The van der Waals surface area contributed by atoms with Crippen molar-refractivity contribution in [2.45, 2.75) is 13.3 Å². The molecule has 0 heterocycles. The molecule has 0 bridgehead atoms. The summed E-state index contributed by atoms with van der Waals surface area (Å²) in [5.41, 5.74) is 0.219. The lowest BCUT2D eigenvalue weighted by Crippen LogP contribution is -2.37. The number of hydrogen-bond acceptors (Lipinski definition) is 4. The standard InChI is InChI=1S/C12H15N3O4/c1-2-13-12(17)8-14-11(16)7-9-5-3-4-6-10(9)15(18)19/h3-6H,2,7-8H2,1H3,(H,13,17)(H,14,16). The fourth-order valence-corrected chi connectivity index (χ4v) is 1.51. The second-order valence-corrected chi connectivity index (χ2v) is 3.79. The summed E-state index contributed by atoms with van der Waals surface area (Å²) >= 11 is 0. The Morgan fingerprint density at radius 2 is 1.89 bits per heavy atom. The van der Waals surface area contributed by atoms with Crippen molar-refractivity contribution in [3.05, 3.63) is 39.9 Å². The average molecular weight is 265 g/mol. The second kappa shape index (κ2) is 7.10. The summed E-state index contributed by atoms with van der Waals surface area (Å²) in [7, 11) is 0. The van der Waals surface area contributed by atoms with Crippen LogP contribution >= 0.6 is 0 Å². The fraction of sp³-hybridized carbons (Fsp3) is 0.333. The molecule has 0 unspecified atom stereocenters. The van der Waals surface area contributed by atoms with E-state index in [1.165, 1.54) is 18.2 Å². The van der Waals surface area contributed by atoms with Crippen LogP contribution < -0.4 is 10.6 Å². The van der Waals surface area contributed by atoms with Crippen molar-refractivity contribution < 1.29 is 14.5 Å². The Kier molecular flexibility index (Phi) is 5.46. The highest BCUT2D eigenvalue weighted by Crippen LogP contribution is 2.17. The van der Waals surface area contributed by atoms with Gasteiger partial charge in [0.2, 0.25) is 11.8 Å². The Morgan fingerprint density at radius 1 is 1.21 bits per heavy atom. The number of nitro benzene ring substituents is 1. The van der Waals surface area contributed by atoms with Gasteiger partial charge < -0.3 is 10.6 Å². The van der Waals surface area contributed by atoms with Crippen LogP contribution in [0.25, 0.3) is 0 Å². The summed E-state index contributed by atoms with van der Waals surface area (Å²) in [6.07, 6.45) is -0.128. The van der Waals surface area contributed by atoms with Crippen LogP contribution in [0.15, 0.2) is 24.3 Å². The first-order valence-electron chi connectivity index (χ1n) is 5.80. The normalized spacial score (nSPS) is 9.74.